The van der Waals surface area contributed by atoms with Crippen LogP contribution in [0.25, 0.3) is 0 Å². The van der Waals surface area contributed by atoms with Crippen LogP contribution < -0.4 is 0 Å². The number of thioether (sulfide) groups is 1. The Kier molecular flexibility index (Phi) is 2.82. The largest absolute Gasteiger partial charge is 0.341 e. The quantitative estimate of drug-likeness (QED) is 0.675. The van der Waals surface area contributed by atoms with Crippen molar-refractivity contribution in [1.29, 1.82) is 0 Å². The highest BCUT2D eigenvalue weighted by molar-refractivity contribution is 8.00. The van der Waals surface area contributed by atoms with Crippen LogP contribution in [0.1, 0.15) is 26.2 Å². The van der Waals surface area contributed by atoms with Gasteiger partial charge in [-0.3, -0.25) is 4.79 Å². The zero-order valence-corrected chi connectivity index (χ0v) is 8.98. The average molecular weight is 199 g/mol. The third-order valence-electron chi connectivity index (χ3n) is 2.83. The van der Waals surface area contributed by atoms with Crippen LogP contribution in [0.5, 0.6) is 0 Å². The molecule has 0 spiro atoms. The molecule has 74 valence electrons. The number of nitrogens with zero attached hydrogens (tertiary/aromatic N) is 1. The lowest BCUT2D eigenvalue weighted by molar-refractivity contribution is -0.132. The van der Waals surface area contributed by atoms with Gasteiger partial charge in [0.05, 0.1) is 0 Å². The molecule has 0 bridgehead atoms. The third kappa shape index (κ3) is 2.19. The molecule has 2 nitrogen and oxygen atoms in total. The fourth-order valence-electron chi connectivity index (χ4n) is 1.75. The Balaban J connectivity index is 1.87. The van der Waals surface area contributed by atoms with Crippen molar-refractivity contribution < 1.29 is 4.79 Å². The van der Waals surface area contributed by atoms with Crippen LogP contribution in [0.4, 0.5) is 0 Å². The summed E-state index contributed by atoms with van der Waals surface area (Å²) in [5, 5.41) is 0.691. The Morgan fingerprint density at radius 1 is 1.54 bits per heavy atom. The summed E-state index contributed by atoms with van der Waals surface area (Å²) in [5.74, 6) is 1.97. The number of hydrogen-bond acceptors (Lipinski definition) is 2. The van der Waals surface area contributed by atoms with Crippen LogP contribution in [-0.4, -0.2) is 34.9 Å². The Hall–Kier alpha value is -0.180. The summed E-state index contributed by atoms with van der Waals surface area (Å²) in [7, 11) is 0. The Morgan fingerprint density at radius 2 is 2.31 bits per heavy atom. The van der Waals surface area contributed by atoms with Gasteiger partial charge in [-0.25, -0.2) is 0 Å². The SMILES string of the molecule is CCC1CN(C(=O)C2CC2)CCS1. The number of hydrogen-bond donors (Lipinski definition) is 0. The Morgan fingerprint density at radius 3 is 2.92 bits per heavy atom. The zero-order chi connectivity index (χ0) is 9.26. The highest BCUT2D eigenvalue weighted by Gasteiger charge is 2.35. The van der Waals surface area contributed by atoms with Gasteiger partial charge < -0.3 is 4.90 Å². The van der Waals surface area contributed by atoms with E-state index in [4.69, 9.17) is 0 Å². The monoisotopic (exact) mass is 199 g/mol. The lowest BCUT2D eigenvalue weighted by Gasteiger charge is -2.32. The standard InChI is InChI=1S/C10H17NOS/c1-2-9-7-11(5-6-13-9)10(12)8-3-4-8/h8-9H,2-7H2,1H3. The first kappa shape index (κ1) is 9.38. The van der Waals surface area contributed by atoms with Crippen molar-refractivity contribution in [1.82, 2.24) is 4.90 Å². The first-order valence-corrected chi connectivity index (χ1v) is 6.26. The fraction of sp³-hybridized carbons (Fsp3) is 0.900. The molecule has 1 saturated heterocycles. The first-order valence-electron chi connectivity index (χ1n) is 5.21. The number of carbonyl (C=O) groups excluding carboxylic acids is 1. The van der Waals surface area contributed by atoms with E-state index in [1.54, 1.807) is 0 Å². The first-order chi connectivity index (χ1) is 6.31. The van der Waals surface area contributed by atoms with Crippen molar-refractivity contribution in [2.45, 2.75) is 31.4 Å². The van der Waals surface area contributed by atoms with Gasteiger partial charge in [-0.2, -0.15) is 11.8 Å². The van der Waals surface area contributed by atoms with Gasteiger partial charge in [0, 0.05) is 30.0 Å². The van der Waals surface area contributed by atoms with Gasteiger partial charge in [0.1, 0.15) is 0 Å². The number of rotatable bonds is 2. The molecule has 1 heterocycles. The maximum atomic E-state index is 11.7. The van der Waals surface area contributed by atoms with E-state index in [1.807, 2.05) is 11.8 Å². The van der Waals surface area contributed by atoms with E-state index >= 15 is 0 Å². The summed E-state index contributed by atoms with van der Waals surface area (Å²) in [4.78, 5) is 13.8. The highest BCUT2D eigenvalue weighted by Crippen LogP contribution is 2.32. The second-order valence-corrected chi connectivity index (χ2v) is 5.37. The second kappa shape index (κ2) is 3.91. The summed E-state index contributed by atoms with van der Waals surface area (Å²) < 4.78 is 0. The van der Waals surface area contributed by atoms with Crippen LogP contribution in [0.15, 0.2) is 0 Å². The van der Waals surface area contributed by atoms with E-state index < -0.39 is 0 Å². The van der Waals surface area contributed by atoms with Crippen molar-refractivity contribution in [3.8, 4) is 0 Å². The fourth-order valence-corrected chi connectivity index (χ4v) is 2.94. The lowest BCUT2D eigenvalue weighted by Crippen LogP contribution is -2.42. The molecule has 3 heteroatoms. The van der Waals surface area contributed by atoms with Gasteiger partial charge in [-0.15, -0.1) is 0 Å². The Labute approximate surface area is 84.1 Å². The topological polar surface area (TPSA) is 20.3 Å². The van der Waals surface area contributed by atoms with Gasteiger partial charge in [0.2, 0.25) is 5.91 Å². The van der Waals surface area contributed by atoms with Gasteiger partial charge in [-0.1, -0.05) is 6.92 Å². The van der Waals surface area contributed by atoms with Gasteiger partial charge in [0.15, 0.2) is 0 Å². The zero-order valence-electron chi connectivity index (χ0n) is 8.16. The molecule has 2 aliphatic rings. The van der Waals surface area contributed by atoms with E-state index in [0.29, 0.717) is 17.1 Å². The molecular weight excluding hydrogens is 182 g/mol. The van der Waals surface area contributed by atoms with Gasteiger partial charge >= 0.3 is 0 Å². The van der Waals surface area contributed by atoms with Crippen LogP contribution in [0.3, 0.4) is 0 Å². The molecule has 1 aliphatic carbocycles. The summed E-state index contributed by atoms with van der Waals surface area (Å²) in [6.07, 6.45) is 3.47. The van der Waals surface area contributed by atoms with Crippen molar-refractivity contribution in [2.24, 2.45) is 5.92 Å². The molecule has 0 aromatic rings. The summed E-state index contributed by atoms with van der Waals surface area (Å²) in [6, 6.07) is 0. The summed E-state index contributed by atoms with van der Waals surface area (Å²) >= 11 is 2.02. The van der Waals surface area contributed by atoms with E-state index in [9.17, 15) is 4.79 Å². The molecule has 1 atom stereocenters. The predicted molar refractivity (Wildman–Crippen MR) is 55.8 cm³/mol. The molecule has 13 heavy (non-hydrogen) atoms. The van der Waals surface area contributed by atoms with Gasteiger partial charge in [0.25, 0.3) is 0 Å². The van der Waals surface area contributed by atoms with Crippen LogP contribution in [0.2, 0.25) is 0 Å². The maximum absolute atomic E-state index is 11.7. The van der Waals surface area contributed by atoms with E-state index in [1.165, 1.54) is 6.42 Å². The minimum atomic E-state index is 0.403. The maximum Gasteiger partial charge on any atom is 0.225 e. The summed E-state index contributed by atoms with van der Waals surface area (Å²) in [6.45, 7) is 4.19. The molecule has 0 radical (unpaired) electrons. The molecule has 1 aliphatic heterocycles. The van der Waals surface area contributed by atoms with Crippen LogP contribution >= 0.6 is 11.8 Å². The second-order valence-electron chi connectivity index (χ2n) is 3.96. The highest BCUT2D eigenvalue weighted by atomic mass is 32.2. The third-order valence-corrected chi connectivity index (χ3v) is 4.20. The van der Waals surface area contributed by atoms with Crippen LogP contribution in [0, 0.1) is 5.92 Å². The van der Waals surface area contributed by atoms with Crippen molar-refractivity contribution in [2.75, 3.05) is 18.8 Å². The minimum Gasteiger partial charge on any atom is -0.341 e. The molecule has 1 unspecified atom stereocenters. The summed E-state index contributed by atoms with van der Waals surface area (Å²) in [5.41, 5.74) is 0. The molecule has 1 saturated carbocycles. The normalized spacial score (nSPS) is 29.0. The molecule has 0 aromatic heterocycles. The molecule has 2 fully saturated rings. The predicted octanol–water partition coefficient (Wildman–Crippen LogP) is 1.75. The van der Waals surface area contributed by atoms with Crippen molar-refractivity contribution in [3.05, 3.63) is 0 Å². The molecular formula is C10H17NOS. The average Bonchev–Trinajstić information content (AvgIpc) is 3.00. The molecule has 0 aromatic carbocycles. The molecule has 2 rings (SSSR count). The van der Waals surface area contributed by atoms with Crippen LogP contribution in [-0.2, 0) is 4.79 Å². The molecule has 0 N–H and O–H groups in total. The lowest BCUT2D eigenvalue weighted by atomic mass is 10.2. The van der Waals surface area contributed by atoms with Crippen molar-refractivity contribution in [3.63, 3.8) is 0 Å². The van der Waals surface area contributed by atoms with E-state index in [0.717, 1.165) is 31.7 Å². The van der Waals surface area contributed by atoms with E-state index in [-0.39, 0.29) is 0 Å². The number of carbonyl (C=O) groups is 1. The number of amides is 1. The van der Waals surface area contributed by atoms with Gasteiger partial charge in [-0.05, 0) is 19.3 Å². The molecule has 1 amide bonds. The Bertz CT molecular complexity index is 203. The minimum absolute atomic E-state index is 0.403. The van der Waals surface area contributed by atoms with Crippen molar-refractivity contribution >= 4 is 17.7 Å². The van der Waals surface area contributed by atoms with E-state index in [2.05, 4.69) is 11.8 Å². The smallest absolute Gasteiger partial charge is 0.225 e.